The predicted molar refractivity (Wildman–Crippen MR) is 64.9 cm³/mol. The Balaban J connectivity index is 2.90. The van der Waals surface area contributed by atoms with Crippen LogP contribution in [0.2, 0.25) is 0 Å². The van der Waals surface area contributed by atoms with Crippen LogP contribution in [0.3, 0.4) is 0 Å². The molecule has 0 radical (unpaired) electrons. The van der Waals surface area contributed by atoms with Gasteiger partial charge in [-0.25, -0.2) is 8.42 Å². The van der Waals surface area contributed by atoms with E-state index in [4.69, 9.17) is 11.1 Å². The summed E-state index contributed by atoms with van der Waals surface area (Å²) in [6.45, 7) is 3.36. The molecule has 0 aromatic carbocycles. The molecule has 1 fully saturated rings. The monoisotopic (exact) mass is 247 g/mol. The molecule has 0 saturated heterocycles. The summed E-state index contributed by atoms with van der Waals surface area (Å²) >= 11 is 0. The maximum Gasteiger partial charge on any atom is 0.217 e. The number of nitrogens with two attached hydrogens (primary N) is 1. The molecule has 0 aliphatic heterocycles. The Kier molecular flexibility index (Phi) is 4.32. The zero-order valence-corrected chi connectivity index (χ0v) is 10.8. The highest BCUT2D eigenvalue weighted by Gasteiger charge is 2.34. The van der Waals surface area contributed by atoms with E-state index >= 15 is 0 Å². The molecule has 0 atom stereocenters. The van der Waals surface area contributed by atoms with Crippen LogP contribution in [0.4, 0.5) is 0 Å². The zero-order valence-electron chi connectivity index (χ0n) is 9.94. The lowest BCUT2D eigenvalue weighted by atomic mass is 10.2. The van der Waals surface area contributed by atoms with E-state index in [2.05, 4.69) is 0 Å². The highest BCUT2D eigenvalue weighted by molar-refractivity contribution is 7.89. The summed E-state index contributed by atoms with van der Waals surface area (Å²) < 4.78 is 25.7. The van der Waals surface area contributed by atoms with E-state index in [9.17, 15) is 8.42 Å². The Labute approximate surface area is 97.6 Å². The molecule has 5 nitrogen and oxygen atoms in total. The fourth-order valence-electron chi connectivity index (χ4n) is 2.06. The molecular weight excluding hydrogens is 226 g/mol. The third-order valence-corrected chi connectivity index (χ3v) is 5.25. The second-order valence-corrected chi connectivity index (χ2v) is 7.04. The topological polar surface area (TPSA) is 87.2 Å². The SMILES string of the molecule is CC(C)S(=O)(=O)N(CC(=N)N)C1CCCC1. The normalized spacial score (nSPS) is 18.5. The first-order chi connectivity index (χ1) is 7.35. The minimum atomic E-state index is -3.30. The smallest absolute Gasteiger partial charge is 0.217 e. The molecule has 0 amide bonds. The quantitative estimate of drug-likeness (QED) is 0.559. The van der Waals surface area contributed by atoms with Gasteiger partial charge in [0.2, 0.25) is 10.0 Å². The van der Waals surface area contributed by atoms with Crippen molar-refractivity contribution in [3.8, 4) is 0 Å². The van der Waals surface area contributed by atoms with Gasteiger partial charge in [0.1, 0.15) is 5.84 Å². The Bertz CT molecular complexity index is 345. The van der Waals surface area contributed by atoms with Gasteiger partial charge >= 0.3 is 0 Å². The molecule has 0 aromatic rings. The minimum absolute atomic E-state index is 0.0329. The van der Waals surface area contributed by atoms with E-state index < -0.39 is 15.3 Å². The van der Waals surface area contributed by atoms with Crippen LogP contribution in [0.1, 0.15) is 39.5 Å². The van der Waals surface area contributed by atoms with Gasteiger partial charge in [-0.15, -0.1) is 0 Å². The lowest BCUT2D eigenvalue weighted by molar-refractivity contribution is 0.350. The number of amidine groups is 1. The number of hydrogen-bond donors (Lipinski definition) is 2. The van der Waals surface area contributed by atoms with Crippen LogP contribution in [0.25, 0.3) is 0 Å². The summed E-state index contributed by atoms with van der Waals surface area (Å²) in [6.07, 6.45) is 3.90. The third-order valence-electron chi connectivity index (χ3n) is 2.98. The number of sulfonamides is 1. The van der Waals surface area contributed by atoms with Gasteiger partial charge in [-0.05, 0) is 26.7 Å². The first kappa shape index (κ1) is 13.4. The molecule has 94 valence electrons. The molecule has 1 aliphatic carbocycles. The lowest BCUT2D eigenvalue weighted by Gasteiger charge is -2.29. The molecule has 1 aliphatic rings. The van der Waals surface area contributed by atoms with Crippen molar-refractivity contribution in [2.24, 2.45) is 5.73 Å². The second kappa shape index (κ2) is 5.14. The van der Waals surface area contributed by atoms with E-state index in [0.29, 0.717) is 0 Å². The number of hydrogen-bond acceptors (Lipinski definition) is 3. The van der Waals surface area contributed by atoms with E-state index in [1.807, 2.05) is 0 Å². The van der Waals surface area contributed by atoms with Crippen LogP contribution in [-0.2, 0) is 10.0 Å². The van der Waals surface area contributed by atoms with Gasteiger partial charge in [0.05, 0.1) is 11.8 Å². The van der Waals surface area contributed by atoms with Gasteiger partial charge in [0.15, 0.2) is 0 Å². The Morgan fingerprint density at radius 3 is 2.31 bits per heavy atom. The lowest BCUT2D eigenvalue weighted by Crippen LogP contribution is -2.46. The average molecular weight is 247 g/mol. The van der Waals surface area contributed by atoms with Crippen molar-refractivity contribution >= 4 is 15.9 Å². The highest BCUT2D eigenvalue weighted by Crippen LogP contribution is 2.26. The largest absolute Gasteiger partial charge is 0.387 e. The molecule has 0 bridgehead atoms. The third kappa shape index (κ3) is 2.95. The fraction of sp³-hybridized carbons (Fsp3) is 0.900. The summed E-state index contributed by atoms with van der Waals surface area (Å²) in [6, 6.07) is 0.0382. The van der Waals surface area contributed by atoms with Crippen LogP contribution in [-0.4, -0.2) is 36.4 Å². The summed E-state index contributed by atoms with van der Waals surface area (Å²) in [4.78, 5) is 0. The Morgan fingerprint density at radius 2 is 1.94 bits per heavy atom. The Hall–Kier alpha value is -0.620. The van der Waals surface area contributed by atoms with Gasteiger partial charge in [-0.3, -0.25) is 5.41 Å². The van der Waals surface area contributed by atoms with Gasteiger partial charge in [-0.2, -0.15) is 4.31 Å². The first-order valence-electron chi connectivity index (χ1n) is 5.69. The number of rotatable bonds is 5. The van der Waals surface area contributed by atoms with Crippen molar-refractivity contribution in [3.63, 3.8) is 0 Å². The molecule has 6 heteroatoms. The Morgan fingerprint density at radius 1 is 1.44 bits per heavy atom. The molecule has 1 saturated carbocycles. The van der Waals surface area contributed by atoms with Crippen LogP contribution in [0, 0.1) is 5.41 Å². The molecule has 0 heterocycles. The number of nitrogens with one attached hydrogen (secondary N) is 1. The van der Waals surface area contributed by atoms with Gasteiger partial charge in [-0.1, -0.05) is 12.8 Å². The zero-order chi connectivity index (χ0) is 12.3. The first-order valence-corrected chi connectivity index (χ1v) is 7.19. The summed E-state index contributed by atoms with van der Waals surface area (Å²) in [5.41, 5.74) is 5.33. The van der Waals surface area contributed by atoms with Crippen LogP contribution >= 0.6 is 0 Å². The van der Waals surface area contributed by atoms with Crippen molar-refractivity contribution < 1.29 is 8.42 Å². The molecule has 3 N–H and O–H groups in total. The van der Waals surface area contributed by atoms with Crippen LogP contribution in [0.15, 0.2) is 0 Å². The minimum Gasteiger partial charge on any atom is -0.387 e. The van der Waals surface area contributed by atoms with Gasteiger partial charge < -0.3 is 5.73 Å². The van der Waals surface area contributed by atoms with Crippen LogP contribution < -0.4 is 5.73 Å². The molecular formula is C10H21N3O2S. The van der Waals surface area contributed by atoms with E-state index in [-0.39, 0.29) is 18.4 Å². The van der Waals surface area contributed by atoms with Crippen molar-refractivity contribution in [1.29, 1.82) is 5.41 Å². The van der Waals surface area contributed by atoms with E-state index in [0.717, 1.165) is 25.7 Å². The average Bonchev–Trinajstić information content (AvgIpc) is 2.65. The highest BCUT2D eigenvalue weighted by atomic mass is 32.2. The van der Waals surface area contributed by atoms with Crippen molar-refractivity contribution in [1.82, 2.24) is 4.31 Å². The van der Waals surface area contributed by atoms with E-state index in [1.165, 1.54) is 4.31 Å². The van der Waals surface area contributed by atoms with Crippen molar-refractivity contribution in [2.45, 2.75) is 50.8 Å². The van der Waals surface area contributed by atoms with Gasteiger partial charge in [0, 0.05) is 6.04 Å². The predicted octanol–water partition coefficient (Wildman–Crippen LogP) is 0.905. The summed E-state index contributed by atoms with van der Waals surface area (Å²) in [7, 11) is -3.30. The second-order valence-electron chi connectivity index (χ2n) is 4.60. The maximum atomic E-state index is 12.1. The van der Waals surface area contributed by atoms with Crippen molar-refractivity contribution in [2.75, 3.05) is 6.54 Å². The molecule has 0 aromatic heterocycles. The molecule has 0 unspecified atom stereocenters. The molecule has 0 spiro atoms. The summed E-state index contributed by atoms with van der Waals surface area (Å²) in [5, 5.41) is 6.83. The number of nitrogens with zero attached hydrogens (tertiary/aromatic N) is 1. The fourth-order valence-corrected chi connectivity index (χ4v) is 3.54. The standard InChI is InChI=1S/C10H21N3O2S/c1-8(2)16(14,15)13(7-10(11)12)9-5-3-4-6-9/h8-9H,3-7H2,1-2H3,(H3,11,12). The molecule has 1 rings (SSSR count). The van der Waals surface area contributed by atoms with E-state index in [1.54, 1.807) is 13.8 Å². The molecule has 16 heavy (non-hydrogen) atoms. The van der Waals surface area contributed by atoms with Crippen LogP contribution in [0.5, 0.6) is 0 Å². The summed E-state index contributed by atoms with van der Waals surface area (Å²) in [5.74, 6) is -0.0869. The van der Waals surface area contributed by atoms with Crippen molar-refractivity contribution in [3.05, 3.63) is 0 Å². The maximum absolute atomic E-state index is 12.1. The van der Waals surface area contributed by atoms with Gasteiger partial charge in [0.25, 0.3) is 0 Å².